The Hall–Kier alpha value is -2.71. The summed E-state index contributed by atoms with van der Waals surface area (Å²) in [5.41, 5.74) is 4.07. The van der Waals surface area contributed by atoms with Crippen LogP contribution in [-0.2, 0) is 10.8 Å². The number of rotatable bonds is 0. The van der Waals surface area contributed by atoms with Gasteiger partial charge >= 0.3 is 0 Å². The quantitative estimate of drug-likeness (QED) is 0.221. The maximum atomic E-state index is 13.4. The summed E-state index contributed by atoms with van der Waals surface area (Å²) in [5, 5.41) is 6.60. The summed E-state index contributed by atoms with van der Waals surface area (Å²) >= 11 is 1.71. The van der Waals surface area contributed by atoms with Gasteiger partial charge in [-0.3, -0.25) is 4.79 Å². The number of aryl methyl sites for hydroxylation is 1. The zero-order valence-electron chi connectivity index (χ0n) is 20.0. The normalized spacial score (nSPS) is 13.0. The van der Waals surface area contributed by atoms with Crippen molar-refractivity contribution in [2.75, 3.05) is 0 Å². The van der Waals surface area contributed by atoms with Crippen molar-refractivity contribution in [2.45, 2.75) is 59.3 Å². The average molecular weight is 439 g/mol. The predicted octanol–water partition coefficient (Wildman–Crippen LogP) is 8.62. The van der Waals surface area contributed by atoms with Crippen LogP contribution in [0, 0.1) is 6.92 Å². The van der Waals surface area contributed by atoms with Crippen LogP contribution in [0.1, 0.15) is 58.2 Å². The molecule has 5 rings (SSSR count). The van der Waals surface area contributed by atoms with Gasteiger partial charge in [-0.15, -0.1) is 11.3 Å². The highest BCUT2D eigenvalue weighted by Gasteiger charge is 2.23. The fourth-order valence-corrected chi connectivity index (χ4v) is 5.95. The molecule has 0 aliphatic rings. The molecule has 5 aromatic rings. The maximum absolute atomic E-state index is 13.4. The smallest absolute Gasteiger partial charge is 0.195 e. The van der Waals surface area contributed by atoms with Gasteiger partial charge in [-0.25, -0.2) is 0 Å². The van der Waals surface area contributed by atoms with Gasteiger partial charge in [-0.2, -0.15) is 0 Å². The van der Waals surface area contributed by atoms with E-state index in [2.05, 4.69) is 90.1 Å². The van der Waals surface area contributed by atoms with Crippen molar-refractivity contribution >= 4 is 53.1 Å². The molecule has 0 amide bonds. The largest absolute Gasteiger partial charge is 0.289 e. The Bertz CT molecular complexity index is 1600. The van der Waals surface area contributed by atoms with E-state index in [1.54, 1.807) is 11.3 Å². The molecule has 0 aliphatic carbocycles. The van der Waals surface area contributed by atoms with Gasteiger partial charge in [0.15, 0.2) is 5.43 Å². The summed E-state index contributed by atoms with van der Waals surface area (Å²) in [7, 11) is 0. The van der Waals surface area contributed by atoms with Crippen LogP contribution in [0.25, 0.3) is 41.7 Å². The van der Waals surface area contributed by atoms with E-state index >= 15 is 0 Å². The Morgan fingerprint density at radius 2 is 1.09 bits per heavy atom. The molecule has 1 heterocycles. The zero-order chi connectivity index (χ0) is 23.0. The highest BCUT2D eigenvalue weighted by Crippen LogP contribution is 2.39. The Balaban J connectivity index is 1.94. The van der Waals surface area contributed by atoms with Crippen molar-refractivity contribution in [2.24, 2.45) is 0 Å². The summed E-state index contributed by atoms with van der Waals surface area (Å²) in [5.74, 6) is 0. The van der Waals surface area contributed by atoms with Gasteiger partial charge in [-0.05, 0) is 86.8 Å². The van der Waals surface area contributed by atoms with Crippen LogP contribution in [0.5, 0.6) is 0 Å². The first-order valence-corrected chi connectivity index (χ1v) is 12.1. The third kappa shape index (κ3) is 3.33. The molecule has 32 heavy (non-hydrogen) atoms. The lowest BCUT2D eigenvalue weighted by Crippen LogP contribution is -2.16. The van der Waals surface area contributed by atoms with E-state index in [-0.39, 0.29) is 16.3 Å². The van der Waals surface area contributed by atoms with E-state index in [0.29, 0.717) is 0 Å². The van der Waals surface area contributed by atoms with Crippen LogP contribution in [0.2, 0.25) is 0 Å². The first kappa shape index (κ1) is 21.2. The minimum Gasteiger partial charge on any atom is -0.289 e. The molecule has 0 aliphatic heterocycles. The second-order valence-corrected chi connectivity index (χ2v) is 12.3. The highest BCUT2D eigenvalue weighted by molar-refractivity contribution is 7.24. The average Bonchev–Trinajstić information content (AvgIpc) is 2.69. The van der Waals surface area contributed by atoms with Crippen molar-refractivity contribution in [1.29, 1.82) is 0 Å². The second-order valence-electron chi connectivity index (χ2n) is 11.2. The van der Waals surface area contributed by atoms with E-state index in [1.165, 1.54) is 27.3 Å². The lowest BCUT2D eigenvalue weighted by Gasteiger charge is -2.27. The van der Waals surface area contributed by atoms with Crippen LogP contribution < -0.4 is 5.43 Å². The minimum atomic E-state index is 0.0404. The van der Waals surface area contributed by atoms with Gasteiger partial charge in [-0.1, -0.05) is 65.3 Å². The molecule has 2 heteroatoms. The van der Waals surface area contributed by atoms with Crippen LogP contribution in [-0.4, -0.2) is 0 Å². The Morgan fingerprint density at radius 1 is 0.594 bits per heavy atom. The Labute approximate surface area is 193 Å². The van der Waals surface area contributed by atoms with Crippen molar-refractivity contribution in [3.05, 3.63) is 81.5 Å². The first-order chi connectivity index (χ1) is 14.9. The molecule has 0 saturated heterocycles. The van der Waals surface area contributed by atoms with Gasteiger partial charge in [0.2, 0.25) is 0 Å². The van der Waals surface area contributed by atoms with Gasteiger partial charge in [0.25, 0.3) is 0 Å². The molecule has 1 aromatic heterocycles. The van der Waals surface area contributed by atoms with Crippen LogP contribution in [0.4, 0.5) is 0 Å². The summed E-state index contributed by atoms with van der Waals surface area (Å²) in [6.07, 6.45) is 0. The van der Waals surface area contributed by atoms with Crippen molar-refractivity contribution in [3.63, 3.8) is 0 Å². The molecule has 0 saturated carbocycles. The molecular formula is C30H30OS. The van der Waals surface area contributed by atoms with Gasteiger partial charge in [0, 0.05) is 20.2 Å². The number of fused-ring (bicyclic) bond motifs is 4. The highest BCUT2D eigenvalue weighted by atomic mass is 32.1. The number of hydrogen-bond donors (Lipinski definition) is 0. The Morgan fingerprint density at radius 3 is 1.66 bits per heavy atom. The molecule has 0 bridgehead atoms. The summed E-state index contributed by atoms with van der Waals surface area (Å²) in [4.78, 5) is 13.4. The number of hydrogen-bond acceptors (Lipinski definition) is 2. The topological polar surface area (TPSA) is 17.1 Å². The lowest BCUT2D eigenvalue weighted by molar-refractivity contribution is 0.585. The standard InChI is InChI=1S/C30H30OS/c1-17-8-11-26-22(12-17)28(31)23-15-18-13-20-21(14-19(18)16-27(23)32-26)25(30(5,6)7)10-9-24(20)29(2,3)4/h8-16H,1-7H3. The fraction of sp³-hybridized carbons (Fsp3) is 0.300. The zero-order valence-corrected chi connectivity index (χ0v) is 20.8. The van der Waals surface area contributed by atoms with Crippen molar-refractivity contribution < 1.29 is 0 Å². The van der Waals surface area contributed by atoms with E-state index < -0.39 is 0 Å². The van der Waals surface area contributed by atoms with E-state index in [9.17, 15) is 4.79 Å². The molecule has 0 unspecified atom stereocenters. The Kier molecular flexibility index (Phi) is 4.56. The molecule has 0 radical (unpaired) electrons. The predicted molar refractivity (Wildman–Crippen MR) is 143 cm³/mol. The van der Waals surface area contributed by atoms with Crippen LogP contribution in [0.15, 0.2) is 59.4 Å². The number of benzene rings is 4. The maximum Gasteiger partial charge on any atom is 0.195 e. The molecule has 162 valence electrons. The van der Waals surface area contributed by atoms with Crippen LogP contribution >= 0.6 is 11.3 Å². The molecule has 0 fully saturated rings. The van der Waals surface area contributed by atoms with E-state index in [4.69, 9.17) is 0 Å². The molecular weight excluding hydrogens is 408 g/mol. The molecule has 0 atom stereocenters. The van der Waals surface area contributed by atoms with Gasteiger partial charge < -0.3 is 0 Å². The van der Waals surface area contributed by atoms with Gasteiger partial charge in [0.05, 0.1) is 0 Å². The van der Waals surface area contributed by atoms with Crippen molar-refractivity contribution in [1.82, 2.24) is 0 Å². The van der Waals surface area contributed by atoms with Gasteiger partial charge in [0.1, 0.15) is 0 Å². The third-order valence-electron chi connectivity index (χ3n) is 6.53. The summed E-state index contributed by atoms with van der Waals surface area (Å²) in [6, 6.07) is 19.8. The van der Waals surface area contributed by atoms with E-state index in [0.717, 1.165) is 31.1 Å². The second kappa shape index (κ2) is 6.89. The SMILES string of the molecule is Cc1ccc2sc3cc4cc5c(C(C)(C)C)ccc(C(C)(C)C)c5cc4cc3c(=O)c2c1. The summed E-state index contributed by atoms with van der Waals surface area (Å²) < 4.78 is 2.11. The molecule has 4 aromatic carbocycles. The molecule has 0 spiro atoms. The monoisotopic (exact) mass is 438 g/mol. The third-order valence-corrected chi connectivity index (χ3v) is 7.67. The minimum absolute atomic E-state index is 0.0404. The van der Waals surface area contributed by atoms with E-state index in [1.807, 2.05) is 13.0 Å². The first-order valence-electron chi connectivity index (χ1n) is 11.3. The fourth-order valence-electron chi connectivity index (χ4n) is 4.86. The van der Waals surface area contributed by atoms with Crippen LogP contribution in [0.3, 0.4) is 0 Å². The lowest BCUT2D eigenvalue weighted by atomic mass is 9.77. The molecule has 1 nitrogen and oxygen atoms in total. The molecule has 0 N–H and O–H groups in total. The summed E-state index contributed by atoms with van der Waals surface area (Å²) in [6.45, 7) is 15.7. The van der Waals surface area contributed by atoms with Crippen molar-refractivity contribution in [3.8, 4) is 0 Å².